The van der Waals surface area contributed by atoms with Gasteiger partial charge in [-0.25, -0.2) is 0 Å². The number of rotatable bonds is 6. The summed E-state index contributed by atoms with van der Waals surface area (Å²) in [5.74, 6) is 0.805. The van der Waals surface area contributed by atoms with Crippen LogP contribution in [0.2, 0.25) is 0 Å². The summed E-state index contributed by atoms with van der Waals surface area (Å²) in [7, 11) is 0. The van der Waals surface area contributed by atoms with E-state index in [1.54, 1.807) is 0 Å². The molecule has 0 saturated heterocycles. The van der Waals surface area contributed by atoms with E-state index in [0.29, 0.717) is 6.04 Å². The Labute approximate surface area is 107 Å². The second-order valence-electron chi connectivity index (χ2n) is 5.30. The highest BCUT2D eigenvalue weighted by molar-refractivity contribution is 5.48. The Bertz CT molecular complexity index is 343. The number of hydrogen-bond acceptors (Lipinski definition) is 1. The average Bonchev–Trinajstić information content (AvgIpc) is 2.32. The lowest BCUT2D eigenvalue weighted by molar-refractivity contribution is 0.462. The molecule has 2 unspecified atom stereocenters. The van der Waals surface area contributed by atoms with Gasteiger partial charge in [-0.05, 0) is 55.9 Å². The molecule has 96 valence electrons. The Hall–Kier alpha value is -0.980. The zero-order valence-corrected chi connectivity index (χ0v) is 12.0. The lowest BCUT2D eigenvalue weighted by Crippen LogP contribution is -2.21. The minimum absolute atomic E-state index is 0.604. The van der Waals surface area contributed by atoms with Crippen LogP contribution >= 0.6 is 0 Å². The summed E-state index contributed by atoms with van der Waals surface area (Å²) in [6, 6.07) is 7.26. The number of nitrogens with one attached hydrogen (secondary N) is 1. The maximum Gasteiger partial charge on any atom is 0.0345 e. The van der Waals surface area contributed by atoms with Gasteiger partial charge in [0.05, 0.1) is 0 Å². The van der Waals surface area contributed by atoms with E-state index in [1.807, 2.05) is 0 Å². The first-order valence-electron chi connectivity index (χ1n) is 6.90. The molecule has 0 radical (unpaired) electrons. The Morgan fingerprint density at radius 2 is 1.76 bits per heavy atom. The summed E-state index contributed by atoms with van der Waals surface area (Å²) in [4.78, 5) is 0. The Kier molecular flexibility index (Phi) is 5.54. The number of benzene rings is 1. The third kappa shape index (κ3) is 4.41. The van der Waals surface area contributed by atoms with Crippen molar-refractivity contribution in [1.29, 1.82) is 0 Å². The average molecular weight is 233 g/mol. The SMILES string of the molecule is CCC(C)CC(CC)Nc1ccc(C)c(C)c1. The third-order valence-corrected chi connectivity index (χ3v) is 3.75. The van der Waals surface area contributed by atoms with Gasteiger partial charge >= 0.3 is 0 Å². The predicted octanol–water partition coefficient (Wildman–Crippen LogP) is 4.93. The van der Waals surface area contributed by atoms with Gasteiger partial charge in [0.2, 0.25) is 0 Å². The van der Waals surface area contributed by atoms with Crippen molar-refractivity contribution in [2.75, 3.05) is 5.32 Å². The van der Waals surface area contributed by atoms with Crippen molar-refractivity contribution in [2.24, 2.45) is 5.92 Å². The standard InChI is InChI=1S/C16H27N/c1-6-12(3)10-15(7-2)17-16-9-8-13(4)14(5)11-16/h8-9,11-12,15,17H,6-7,10H2,1-5H3. The molecule has 0 aliphatic rings. The highest BCUT2D eigenvalue weighted by atomic mass is 14.9. The fourth-order valence-electron chi connectivity index (χ4n) is 2.05. The van der Waals surface area contributed by atoms with E-state index in [-0.39, 0.29) is 0 Å². The van der Waals surface area contributed by atoms with E-state index in [4.69, 9.17) is 0 Å². The van der Waals surface area contributed by atoms with Crippen molar-refractivity contribution in [3.63, 3.8) is 0 Å². The van der Waals surface area contributed by atoms with E-state index in [2.05, 4.69) is 58.1 Å². The van der Waals surface area contributed by atoms with Crippen LogP contribution in [-0.4, -0.2) is 6.04 Å². The molecule has 0 fully saturated rings. The lowest BCUT2D eigenvalue weighted by Gasteiger charge is -2.22. The van der Waals surface area contributed by atoms with Gasteiger partial charge in [-0.2, -0.15) is 0 Å². The molecule has 0 heterocycles. The summed E-state index contributed by atoms with van der Waals surface area (Å²) in [5.41, 5.74) is 4.00. The molecule has 17 heavy (non-hydrogen) atoms. The molecular formula is C16H27N. The van der Waals surface area contributed by atoms with Gasteiger partial charge in [0.25, 0.3) is 0 Å². The maximum absolute atomic E-state index is 3.66. The quantitative estimate of drug-likeness (QED) is 0.734. The van der Waals surface area contributed by atoms with Crippen LogP contribution in [0.1, 0.15) is 51.2 Å². The Morgan fingerprint density at radius 1 is 1.06 bits per heavy atom. The summed E-state index contributed by atoms with van der Waals surface area (Å²) < 4.78 is 0. The Balaban J connectivity index is 2.63. The highest BCUT2D eigenvalue weighted by Gasteiger charge is 2.10. The smallest absolute Gasteiger partial charge is 0.0345 e. The predicted molar refractivity (Wildman–Crippen MR) is 77.7 cm³/mol. The van der Waals surface area contributed by atoms with Crippen LogP contribution in [0.5, 0.6) is 0 Å². The van der Waals surface area contributed by atoms with Crippen molar-refractivity contribution in [3.8, 4) is 0 Å². The summed E-state index contributed by atoms with van der Waals surface area (Å²) in [6.45, 7) is 11.2. The molecule has 0 aliphatic heterocycles. The van der Waals surface area contributed by atoms with Crippen molar-refractivity contribution in [1.82, 2.24) is 0 Å². The second kappa shape index (κ2) is 6.68. The van der Waals surface area contributed by atoms with Crippen LogP contribution in [0, 0.1) is 19.8 Å². The molecule has 0 saturated carbocycles. The monoisotopic (exact) mass is 233 g/mol. The van der Waals surface area contributed by atoms with Gasteiger partial charge < -0.3 is 5.32 Å². The normalized spacial score (nSPS) is 14.4. The van der Waals surface area contributed by atoms with Crippen LogP contribution in [0.15, 0.2) is 18.2 Å². The van der Waals surface area contributed by atoms with E-state index >= 15 is 0 Å². The van der Waals surface area contributed by atoms with Gasteiger partial charge in [-0.3, -0.25) is 0 Å². The number of anilines is 1. The van der Waals surface area contributed by atoms with Crippen LogP contribution in [0.25, 0.3) is 0 Å². The van der Waals surface area contributed by atoms with E-state index in [1.165, 1.54) is 36.1 Å². The van der Waals surface area contributed by atoms with Gasteiger partial charge in [-0.1, -0.05) is 33.3 Å². The number of aryl methyl sites for hydroxylation is 2. The van der Waals surface area contributed by atoms with Crippen LogP contribution in [0.4, 0.5) is 5.69 Å². The van der Waals surface area contributed by atoms with E-state index in [9.17, 15) is 0 Å². The molecule has 1 heteroatoms. The number of hydrogen-bond donors (Lipinski definition) is 1. The second-order valence-corrected chi connectivity index (χ2v) is 5.30. The Morgan fingerprint density at radius 3 is 2.29 bits per heavy atom. The van der Waals surface area contributed by atoms with Gasteiger partial charge in [-0.15, -0.1) is 0 Å². The molecule has 1 rings (SSSR count). The fourth-order valence-corrected chi connectivity index (χ4v) is 2.05. The van der Waals surface area contributed by atoms with Gasteiger partial charge in [0.1, 0.15) is 0 Å². The lowest BCUT2D eigenvalue weighted by atomic mass is 9.97. The molecule has 0 bridgehead atoms. The van der Waals surface area contributed by atoms with Gasteiger partial charge in [0.15, 0.2) is 0 Å². The molecule has 1 N–H and O–H groups in total. The highest BCUT2D eigenvalue weighted by Crippen LogP contribution is 2.19. The summed E-state index contributed by atoms with van der Waals surface area (Å²) in [5, 5.41) is 3.66. The summed E-state index contributed by atoms with van der Waals surface area (Å²) in [6.07, 6.45) is 3.72. The van der Waals surface area contributed by atoms with Crippen molar-refractivity contribution >= 4 is 5.69 Å². The maximum atomic E-state index is 3.66. The van der Waals surface area contributed by atoms with E-state index < -0.39 is 0 Å². The molecule has 0 aliphatic carbocycles. The minimum Gasteiger partial charge on any atom is -0.382 e. The fraction of sp³-hybridized carbons (Fsp3) is 0.625. The van der Waals surface area contributed by atoms with E-state index in [0.717, 1.165) is 5.92 Å². The first-order valence-corrected chi connectivity index (χ1v) is 6.90. The van der Waals surface area contributed by atoms with Crippen molar-refractivity contribution in [2.45, 2.75) is 59.9 Å². The topological polar surface area (TPSA) is 12.0 Å². The molecular weight excluding hydrogens is 206 g/mol. The van der Waals surface area contributed by atoms with Crippen LogP contribution in [-0.2, 0) is 0 Å². The van der Waals surface area contributed by atoms with Crippen LogP contribution < -0.4 is 5.32 Å². The van der Waals surface area contributed by atoms with Crippen molar-refractivity contribution in [3.05, 3.63) is 29.3 Å². The molecule has 0 aromatic heterocycles. The first kappa shape index (κ1) is 14.1. The molecule has 1 nitrogen and oxygen atoms in total. The minimum atomic E-state index is 0.604. The molecule has 0 spiro atoms. The first-order chi connectivity index (χ1) is 8.06. The molecule has 1 aromatic carbocycles. The molecule has 2 atom stereocenters. The molecule has 1 aromatic rings. The van der Waals surface area contributed by atoms with Crippen molar-refractivity contribution < 1.29 is 0 Å². The van der Waals surface area contributed by atoms with Gasteiger partial charge in [0, 0.05) is 11.7 Å². The zero-order chi connectivity index (χ0) is 12.8. The van der Waals surface area contributed by atoms with Crippen LogP contribution in [0.3, 0.4) is 0 Å². The molecule has 0 amide bonds. The largest absolute Gasteiger partial charge is 0.382 e. The zero-order valence-electron chi connectivity index (χ0n) is 12.0. The summed E-state index contributed by atoms with van der Waals surface area (Å²) >= 11 is 0. The third-order valence-electron chi connectivity index (χ3n) is 3.75.